The molecule has 0 amide bonds. The number of hydrogen-bond donors (Lipinski definition) is 0. The van der Waals surface area contributed by atoms with Crippen LogP contribution in [0, 0.1) is 0 Å². The van der Waals surface area contributed by atoms with Crippen LogP contribution < -0.4 is 0 Å². The monoisotopic (exact) mass is 221 g/mol. The molecule has 0 radical (unpaired) electrons. The maximum absolute atomic E-state index is 11.7. The summed E-state index contributed by atoms with van der Waals surface area (Å²) in [7, 11) is 2.12. The lowest BCUT2D eigenvalue weighted by Gasteiger charge is -2.10. The first-order valence-electron chi connectivity index (χ1n) is 5.96. The van der Waals surface area contributed by atoms with E-state index in [2.05, 4.69) is 17.0 Å². The van der Waals surface area contributed by atoms with Crippen molar-refractivity contribution in [2.45, 2.75) is 32.2 Å². The van der Waals surface area contributed by atoms with E-state index in [0.717, 1.165) is 31.5 Å². The van der Waals surface area contributed by atoms with E-state index >= 15 is 0 Å². The van der Waals surface area contributed by atoms with Crippen LogP contribution in [0.2, 0.25) is 0 Å². The van der Waals surface area contributed by atoms with E-state index in [-0.39, 0.29) is 5.78 Å². The SMILES string of the molecule is CCCC(=O)c1cnn(C2CCN(C)C2)c1. The average Bonchev–Trinajstić information content (AvgIpc) is 2.85. The molecule has 1 unspecified atom stereocenters. The van der Waals surface area contributed by atoms with E-state index in [9.17, 15) is 4.79 Å². The van der Waals surface area contributed by atoms with E-state index in [1.807, 2.05) is 17.8 Å². The molecule has 1 aromatic rings. The molecule has 0 aliphatic carbocycles. The molecule has 2 heterocycles. The van der Waals surface area contributed by atoms with Gasteiger partial charge >= 0.3 is 0 Å². The fraction of sp³-hybridized carbons (Fsp3) is 0.667. The number of carbonyl (C=O) groups excluding carboxylic acids is 1. The highest BCUT2D eigenvalue weighted by molar-refractivity contribution is 5.95. The largest absolute Gasteiger partial charge is 0.304 e. The maximum atomic E-state index is 11.7. The molecule has 0 bridgehead atoms. The highest BCUT2D eigenvalue weighted by Gasteiger charge is 2.22. The zero-order valence-corrected chi connectivity index (χ0v) is 10.0. The van der Waals surface area contributed by atoms with Gasteiger partial charge in [-0.2, -0.15) is 5.10 Å². The Bertz CT molecular complexity index is 372. The summed E-state index contributed by atoms with van der Waals surface area (Å²) in [5.41, 5.74) is 0.761. The average molecular weight is 221 g/mol. The third-order valence-corrected chi connectivity index (χ3v) is 3.14. The predicted octanol–water partition coefficient (Wildman–Crippen LogP) is 1.74. The molecule has 1 aliphatic rings. The van der Waals surface area contributed by atoms with Gasteiger partial charge in [-0.15, -0.1) is 0 Å². The number of likely N-dealkylation sites (N-methyl/N-ethyl adjacent to an activating group) is 1. The van der Waals surface area contributed by atoms with Crippen LogP contribution in [-0.2, 0) is 0 Å². The van der Waals surface area contributed by atoms with Crippen LogP contribution in [-0.4, -0.2) is 40.6 Å². The number of aromatic nitrogens is 2. The van der Waals surface area contributed by atoms with Gasteiger partial charge in [-0.25, -0.2) is 0 Å². The normalized spacial score (nSPS) is 21.5. The van der Waals surface area contributed by atoms with Crippen molar-refractivity contribution >= 4 is 5.78 Å². The van der Waals surface area contributed by atoms with E-state index < -0.39 is 0 Å². The second-order valence-corrected chi connectivity index (χ2v) is 4.59. The summed E-state index contributed by atoms with van der Waals surface area (Å²) < 4.78 is 1.95. The first-order chi connectivity index (χ1) is 7.70. The van der Waals surface area contributed by atoms with E-state index in [1.165, 1.54) is 0 Å². The number of hydrogen-bond acceptors (Lipinski definition) is 3. The Hall–Kier alpha value is -1.16. The molecule has 1 fully saturated rings. The summed E-state index contributed by atoms with van der Waals surface area (Å²) in [5, 5.41) is 4.31. The van der Waals surface area contributed by atoms with Crippen molar-refractivity contribution in [2.24, 2.45) is 0 Å². The summed E-state index contributed by atoms with van der Waals surface area (Å²) in [6.07, 6.45) is 6.25. The van der Waals surface area contributed by atoms with Gasteiger partial charge in [0.1, 0.15) is 0 Å². The second kappa shape index (κ2) is 4.78. The van der Waals surface area contributed by atoms with Crippen molar-refractivity contribution in [3.63, 3.8) is 0 Å². The van der Waals surface area contributed by atoms with Crippen molar-refractivity contribution in [2.75, 3.05) is 20.1 Å². The fourth-order valence-electron chi connectivity index (χ4n) is 2.18. The summed E-state index contributed by atoms with van der Waals surface area (Å²) in [6.45, 7) is 4.17. The molecule has 2 rings (SSSR count). The summed E-state index contributed by atoms with van der Waals surface area (Å²) in [4.78, 5) is 14.0. The topological polar surface area (TPSA) is 38.1 Å². The standard InChI is InChI=1S/C12H19N3O/c1-3-4-12(16)10-7-13-15(8-10)11-5-6-14(2)9-11/h7-8,11H,3-6,9H2,1-2H3. The van der Waals surface area contributed by atoms with E-state index in [0.29, 0.717) is 12.5 Å². The fourth-order valence-corrected chi connectivity index (χ4v) is 2.18. The minimum atomic E-state index is 0.208. The molecule has 4 nitrogen and oxygen atoms in total. The third kappa shape index (κ3) is 2.32. The summed E-state index contributed by atoms with van der Waals surface area (Å²) >= 11 is 0. The number of nitrogens with zero attached hydrogens (tertiary/aromatic N) is 3. The molecular weight excluding hydrogens is 202 g/mol. The van der Waals surface area contributed by atoms with Crippen molar-refractivity contribution in [3.8, 4) is 0 Å². The molecule has 0 spiro atoms. The first-order valence-corrected chi connectivity index (χ1v) is 5.96. The van der Waals surface area contributed by atoms with Crippen LogP contribution in [0.4, 0.5) is 0 Å². The van der Waals surface area contributed by atoms with Gasteiger partial charge in [-0.05, 0) is 26.4 Å². The van der Waals surface area contributed by atoms with Crippen molar-refractivity contribution in [1.29, 1.82) is 0 Å². The number of ketones is 1. The van der Waals surface area contributed by atoms with Gasteiger partial charge < -0.3 is 4.90 Å². The lowest BCUT2D eigenvalue weighted by Crippen LogP contribution is -2.16. The van der Waals surface area contributed by atoms with Crippen molar-refractivity contribution in [3.05, 3.63) is 18.0 Å². The van der Waals surface area contributed by atoms with Crippen LogP contribution in [0.5, 0.6) is 0 Å². The minimum Gasteiger partial charge on any atom is -0.304 e. The van der Waals surface area contributed by atoms with Crippen molar-refractivity contribution in [1.82, 2.24) is 14.7 Å². The molecule has 4 heteroatoms. The second-order valence-electron chi connectivity index (χ2n) is 4.59. The molecule has 16 heavy (non-hydrogen) atoms. The van der Waals surface area contributed by atoms with Crippen LogP contribution in [0.3, 0.4) is 0 Å². The maximum Gasteiger partial charge on any atom is 0.166 e. The van der Waals surface area contributed by atoms with E-state index in [4.69, 9.17) is 0 Å². The first kappa shape index (κ1) is 11.3. The number of carbonyl (C=O) groups is 1. The molecule has 1 aliphatic heterocycles. The lowest BCUT2D eigenvalue weighted by molar-refractivity contribution is 0.0981. The predicted molar refractivity (Wildman–Crippen MR) is 62.6 cm³/mol. The van der Waals surface area contributed by atoms with Crippen LogP contribution in [0.1, 0.15) is 42.6 Å². The highest BCUT2D eigenvalue weighted by Crippen LogP contribution is 2.20. The highest BCUT2D eigenvalue weighted by atomic mass is 16.1. The van der Waals surface area contributed by atoms with Crippen LogP contribution >= 0.6 is 0 Å². The molecular formula is C12H19N3O. The Balaban J connectivity index is 2.04. The zero-order chi connectivity index (χ0) is 11.5. The number of likely N-dealkylation sites (tertiary alicyclic amines) is 1. The van der Waals surface area contributed by atoms with Gasteiger partial charge in [0.25, 0.3) is 0 Å². The number of rotatable bonds is 4. The zero-order valence-electron chi connectivity index (χ0n) is 10.0. The smallest absolute Gasteiger partial charge is 0.166 e. The Labute approximate surface area is 96.2 Å². The third-order valence-electron chi connectivity index (χ3n) is 3.14. The van der Waals surface area contributed by atoms with E-state index in [1.54, 1.807) is 6.20 Å². The van der Waals surface area contributed by atoms with Gasteiger partial charge in [0, 0.05) is 19.2 Å². The Morgan fingerprint density at radius 2 is 2.44 bits per heavy atom. The molecule has 0 saturated carbocycles. The molecule has 88 valence electrons. The van der Waals surface area contributed by atoms with Crippen LogP contribution in [0.25, 0.3) is 0 Å². The van der Waals surface area contributed by atoms with Crippen LogP contribution in [0.15, 0.2) is 12.4 Å². The Morgan fingerprint density at radius 1 is 1.62 bits per heavy atom. The van der Waals surface area contributed by atoms with Gasteiger partial charge in [-0.3, -0.25) is 9.48 Å². The van der Waals surface area contributed by atoms with Crippen molar-refractivity contribution < 1.29 is 4.79 Å². The lowest BCUT2D eigenvalue weighted by atomic mass is 10.1. The quantitative estimate of drug-likeness (QED) is 0.727. The molecule has 1 saturated heterocycles. The molecule has 0 aromatic carbocycles. The molecule has 1 aromatic heterocycles. The summed E-state index contributed by atoms with van der Waals surface area (Å²) in [5.74, 6) is 0.208. The van der Waals surface area contributed by atoms with Gasteiger partial charge in [-0.1, -0.05) is 6.92 Å². The van der Waals surface area contributed by atoms with Gasteiger partial charge in [0.05, 0.1) is 17.8 Å². The number of Topliss-reactive ketones (excluding diaryl/α,β-unsaturated/α-hetero) is 1. The van der Waals surface area contributed by atoms with Gasteiger partial charge in [0.15, 0.2) is 5.78 Å². The molecule has 0 N–H and O–H groups in total. The summed E-state index contributed by atoms with van der Waals surface area (Å²) in [6, 6.07) is 0.438. The Kier molecular flexibility index (Phi) is 3.39. The Morgan fingerprint density at radius 3 is 3.06 bits per heavy atom. The molecule has 1 atom stereocenters. The van der Waals surface area contributed by atoms with Gasteiger partial charge in [0.2, 0.25) is 0 Å². The minimum absolute atomic E-state index is 0.208.